The first kappa shape index (κ1) is 23.4. The largest absolute Gasteiger partial charge is 0.379 e. The molecule has 3 rings (SSSR count). The molecule has 0 saturated carbocycles. The number of likely N-dealkylation sites (tertiary alicyclic amines) is 1. The number of carbonyl (C=O) groups excluding carboxylic acids is 1. The monoisotopic (exact) mass is 402 g/mol. The molecule has 0 spiro atoms. The summed E-state index contributed by atoms with van der Waals surface area (Å²) in [5.74, 6) is 0.404. The first-order chi connectivity index (χ1) is 11.7. The van der Waals surface area contributed by atoms with Crippen LogP contribution in [0.2, 0.25) is 0 Å². The quantitative estimate of drug-likeness (QED) is 0.731. The van der Waals surface area contributed by atoms with E-state index < -0.39 is 0 Å². The van der Waals surface area contributed by atoms with Gasteiger partial charge in [0.05, 0.1) is 18.6 Å². The Balaban J connectivity index is 0.00000169. The molecule has 1 aromatic carbocycles. The van der Waals surface area contributed by atoms with Crippen molar-refractivity contribution < 1.29 is 9.53 Å². The summed E-state index contributed by atoms with van der Waals surface area (Å²) in [6.07, 6.45) is 2.53. The van der Waals surface area contributed by atoms with Gasteiger partial charge in [-0.15, -0.1) is 24.8 Å². The van der Waals surface area contributed by atoms with Crippen LogP contribution in [-0.4, -0.2) is 68.1 Å². The number of Topliss-reactive ketones (excluding diaryl/α,β-unsaturated/α-hetero) is 1. The lowest BCUT2D eigenvalue weighted by molar-refractivity contribution is -0.126. The molecule has 0 radical (unpaired) electrons. The number of carbonyl (C=O) groups is 1. The Morgan fingerprint density at radius 1 is 0.962 bits per heavy atom. The van der Waals surface area contributed by atoms with Crippen molar-refractivity contribution in [3.8, 4) is 0 Å². The van der Waals surface area contributed by atoms with Gasteiger partial charge in [-0.3, -0.25) is 9.69 Å². The molecule has 6 heteroatoms. The highest BCUT2D eigenvalue weighted by Crippen LogP contribution is 2.37. The van der Waals surface area contributed by atoms with Gasteiger partial charge in [-0.2, -0.15) is 0 Å². The van der Waals surface area contributed by atoms with Gasteiger partial charge in [-0.05, 0) is 31.5 Å². The predicted molar refractivity (Wildman–Crippen MR) is 111 cm³/mol. The number of benzene rings is 1. The first-order valence-electron chi connectivity index (χ1n) is 9.36. The van der Waals surface area contributed by atoms with Gasteiger partial charge < -0.3 is 9.64 Å². The second-order valence-electron chi connectivity index (χ2n) is 7.02. The zero-order valence-corrected chi connectivity index (χ0v) is 17.3. The lowest BCUT2D eigenvalue weighted by Crippen LogP contribution is -2.49. The van der Waals surface area contributed by atoms with Crippen molar-refractivity contribution in [2.24, 2.45) is 0 Å². The van der Waals surface area contributed by atoms with Crippen LogP contribution in [0.25, 0.3) is 0 Å². The summed E-state index contributed by atoms with van der Waals surface area (Å²) in [7, 11) is 0. The molecule has 1 aromatic rings. The molecule has 26 heavy (non-hydrogen) atoms. The van der Waals surface area contributed by atoms with Gasteiger partial charge >= 0.3 is 0 Å². The topological polar surface area (TPSA) is 32.8 Å². The van der Waals surface area contributed by atoms with Crippen LogP contribution in [0.3, 0.4) is 0 Å². The molecule has 0 aromatic heterocycles. The van der Waals surface area contributed by atoms with Crippen molar-refractivity contribution >= 4 is 30.6 Å². The Kier molecular flexibility index (Phi) is 10.1. The Morgan fingerprint density at radius 2 is 1.50 bits per heavy atom. The van der Waals surface area contributed by atoms with Crippen LogP contribution >= 0.6 is 24.8 Å². The highest BCUT2D eigenvalue weighted by atomic mass is 35.5. The molecule has 0 atom stereocenters. The minimum absolute atomic E-state index is 0. The fourth-order valence-corrected chi connectivity index (χ4v) is 4.09. The second-order valence-corrected chi connectivity index (χ2v) is 7.02. The fourth-order valence-electron chi connectivity index (χ4n) is 4.09. The van der Waals surface area contributed by atoms with Crippen LogP contribution in [-0.2, 0) is 14.9 Å². The minimum atomic E-state index is -0.258. The lowest BCUT2D eigenvalue weighted by atomic mass is 9.69. The molecule has 148 valence electrons. The number of piperidine rings is 1. The van der Waals surface area contributed by atoms with Crippen molar-refractivity contribution in [1.29, 1.82) is 0 Å². The maximum absolute atomic E-state index is 12.8. The number of morpholine rings is 1. The molecule has 0 N–H and O–H groups in total. The van der Waals surface area contributed by atoms with Crippen LogP contribution in [0.4, 0.5) is 0 Å². The molecule has 2 heterocycles. The third-order valence-electron chi connectivity index (χ3n) is 5.73. The zero-order chi connectivity index (χ0) is 16.8. The van der Waals surface area contributed by atoms with Gasteiger partial charge in [0.15, 0.2) is 0 Å². The third kappa shape index (κ3) is 5.43. The summed E-state index contributed by atoms with van der Waals surface area (Å²) in [5.41, 5.74) is 0.954. The highest BCUT2D eigenvalue weighted by molar-refractivity contribution is 5.90. The maximum atomic E-state index is 12.8. The SMILES string of the molecule is CCC(=O)C1(c2ccccc2)CCN(CCN2CCOCC2)CC1.Cl.Cl. The Bertz CT molecular complexity index is 528. The smallest absolute Gasteiger partial charge is 0.143 e. The van der Waals surface area contributed by atoms with Gasteiger partial charge in [-0.25, -0.2) is 0 Å². The number of ether oxygens (including phenoxy) is 1. The summed E-state index contributed by atoms with van der Waals surface area (Å²) in [6, 6.07) is 10.4. The van der Waals surface area contributed by atoms with E-state index in [2.05, 4.69) is 34.1 Å². The molecule has 2 aliphatic heterocycles. The second kappa shape index (κ2) is 11.3. The van der Waals surface area contributed by atoms with Crippen LogP contribution in [0.15, 0.2) is 30.3 Å². The van der Waals surface area contributed by atoms with E-state index in [1.807, 2.05) is 13.0 Å². The number of nitrogens with zero attached hydrogens (tertiary/aromatic N) is 2. The molecule has 2 saturated heterocycles. The average molecular weight is 403 g/mol. The van der Waals surface area contributed by atoms with Gasteiger partial charge in [0.2, 0.25) is 0 Å². The number of ketones is 1. The zero-order valence-electron chi connectivity index (χ0n) is 15.7. The Morgan fingerprint density at radius 3 is 2.04 bits per heavy atom. The number of rotatable bonds is 6. The van der Waals surface area contributed by atoms with Crippen LogP contribution in [0.5, 0.6) is 0 Å². The van der Waals surface area contributed by atoms with Crippen molar-refractivity contribution in [1.82, 2.24) is 9.80 Å². The average Bonchev–Trinajstić information content (AvgIpc) is 2.67. The van der Waals surface area contributed by atoms with E-state index in [0.29, 0.717) is 12.2 Å². The predicted octanol–water partition coefficient (Wildman–Crippen LogP) is 3.18. The van der Waals surface area contributed by atoms with Crippen LogP contribution < -0.4 is 0 Å². The summed E-state index contributed by atoms with van der Waals surface area (Å²) in [6.45, 7) is 10.1. The number of hydrogen-bond donors (Lipinski definition) is 0. The summed E-state index contributed by atoms with van der Waals surface area (Å²) in [5, 5.41) is 0. The number of halogens is 2. The third-order valence-corrected chi connectivity index (χ3v) is 5.73. The van der Waals surface area contributed by atoms with E-state index >= 15 is 0 Å². The van der Waals surface area contributed by atoms with E-state index in [4.69, 9.17) is 4.74 Å². The summed E-state index contributed by atoms with van der Waals surface area (Å²) < 4.78 is 5.41. The first-order valence-corrected chi connectivity index (χ1v) is 9.36. The van der Waals surface area contributed by atoms with Gasteiger partial charge in [-0.1, -0.05) is 37.3 Å². The maximum Gasteiger partial charge on any atom is 0.143 e. The Hall–Kier alpha value is -0.650. The van der Waals surface area contributed by atoms with E-state index in [-0.39, 0.29) is 30.2 Å². The molecule has 0 unspecified atom stereocenters. The van der Waals surface area contributed by atoms with E-state index in [0.717, 1.165) is 65.3 Å². The summed E-state index contributed by atoms with van der Waals surface area (Å²) in [4.78, 5) is 17.8. The molecular formula is C20H32Cl2N2O2. The van der Waals surface area contributed by atoms with E-state index in [1.54, 1.807) is 0 Å². The molecule has 0 aliphatic carbocycles. The van der Waals surface area contributed by atoms with Crippen molar-refractivity contribution in [3.05, 3.63) is 35.9 Å². The van der Waals surface area contributed by atoms with Gasteiger partial charge in [0, 0.05) is 32.6 Å². The highest BCUT2D eigenvalue weighted by Gasteiger charge is 2.41. The van der Waals surface area contributed by atoms with Crippen molar-refractivity contribution in [2.45, 2.75) is 31.6 Å². The van der Waals surface area contributed by atoms with E-state index in [1.165, 1.54) is 5.56 Å². The number of hydrogen-bond acceptors (Lipinski definition) is 4. The molecule has 0 bridgehead atoms. The molecular weight excluding hydrogens is 371 g/mol. The van der Waals surface area contributed by atoms with Crippen molar-refractivity contribution in [3.63, 3.8) is 0 Å². The van der Waals surface area contributed by atoms with Gasteiger partial charge in [0.1, 0.15) is 5.78 Å². The minimum Gasteiger partial charge on any atom is -0.379 e. The lowest BCUT2D eigenvalue weighted by Gasteiger charge is -2.42. The fraction of sp³-hybridized carbons (Fsp3) is 0.650. The van der Waals surface area contributed by atoms with Crippen LogP contribution in [0.1, 0.15) is 31.7 Å². The van der Waals surface area contributed by atoms with Crippen LogP contribution in [0, 0.1) is 0 Å². The summed E-state index contributed by atoms with van der Waals surface area (Å²) >= 11 is 0. The Labute approximate surface area is 170 Å². The normalized spacial score (nSPS) is 20.7. The molecule has 4 nitrogen and oxygen atoms in total. The van der Waals surface area contributed by atoms with E-state index in [9.17, 15) is 4.79 Å². The molecule has 2 aliphatic rings. The standard InChI is InChI=1S/C20H30N2O2.2ClH/c1-2-19(23)20(18-6-4-3-5-7-18)8-10-21(11-9-20)12-13-22-14-16-24-17-15-22;;/h3-7H,2,8-17H2,1H3;2*1H. The van der Waals surface area contributed by atoms with Gasteiger partial charge in [0.25, 0.3) is 0 Å². The molecule has 0 amide bonds. The van der Waals surface area contributed by atoms with Crippen molar-refractivity contribution in [2.75, 3.05) is 52.5 Å². The molecule has 2 fully saturated rings.